The van der Waals surface area contributed by atoms with Crippen molar-refractivity contribution < 1.29 is 13.5 Å². The second-order valence-electron chi connectivity index (χ2n) is 8.09. The second kappa shape index (κ2) is 10.3. The quantitative estimate of drug-likeness (QED) is 0.296. The number of aryl methyl sites for hydroxylation is 4. The largest absolute Gasteiger partial charge is 0.494 e. The highest BCUT2D eigenvalue weighted by atomic mass is 19.1. The van der Waals surface area contributed by atoms with E-state index in [4.69, 9.17) is 10.00 Å². The average Bonchev–Trinajstić information content (AvgIpc) is 2.83. The van der Waals surface area contributed by atoms with E-state index in [0.717, 1.165) is 16.5 Å². The highest BCUT2D eigenvalue weighted by Gasteiger charge is 2.10. The Hall–Kier alpha value is -3.71. The first-order chi connectivity index (χ1) is 16.1. The van der Waals surface area contributed by atoms with E-state index in [-0.39, 0.29) is 11.6 Å². The number of rotatable bonds is 8. The molecule has 0 aliphatic carbocycles. The fourth-order valence-electron chi connectivity index (χ4n) is 4.03. The van der Waals surface area contributed by atoms with Crippen LogP contribution in [-0.2, 0) is 25.7 Å². The molecule has 4 rings (SSSR count). The molecule has 0 spiro atoms. The van der Waals surface area contributed by atoms with Gasteiger partial charge in [0.15, 0.2) is 0 Å². The minimum Gasteiger partial charge on any atom is -0.494 e. The Labute approximate surface area is 193 Å². The maximum absolute atomic E-state index is 15.1. The molecular formula is C29H25F2NO. The minimum atomic E-state index is -0.264. The Morgan fingerprint density at radius 3 is 2.18 bits per heavy atom. The molecule has 0 aliphatic rings. The van der Waals surface area contributed by atoms with Crippen LogP contribution in [0, 0.1) is 23.0 Å². The first kappa shape index (κ1) is 22.5. The Morgan fingerprint density at radius 2 is 1.45 bits per heavy atom. The number of ether oxygens (including phenoxy) is 1. The molecule has 0 bridgehead atoms. The van der Waals surface area contributed by atoms with Crippen LogP contribution in [0.15, 0.2) is 72.8 Å². The molecule has 0 radical (unpaired) electrons. The molecule has 0 N–H and O–H groups in total. The van der Waals surface area contributed by atoms with Crippen LogP contribution in [0.5, 0.6) is 5.75 Å². The third-order valence-corrected chi connectivity index (χ3v) is 5.88. The van der Waals surface area contributed by atoms with Crippen molar-refractivity contribution in [3.8, 4) is 11.8 Å². The first-order valence-corrected chi connectivity index (χ1v) is 11.2. The van der Waals surface area contributed by atoms with E-state index in [9.17, 15) is 4.39 Å². The van der Waals surface area contributed by atoms with Gasteiger partial charge in [-0.25, -0.2) is 8.78 Å². The van der Waals surface area contributed by atoms with Crippen LogP contribution in [0.1, 0.15) is 34.7 Å². The highest BCUT2D eigenvalue weighted by Crippen LogP contribution is 2.25. The molecular weight excluding hydrogens is 416 g/mol. The molecule has 0 heterocycles. The summed E-state index contributed by atoms with van der Waals surface area (Å²) in [6, 6.07) is 24.0. The third-order valence-electron chi connectivity index (χ3n) is 5.88. The number of nitriles is 1. The zero-order chi connectivity index (χ0) is 23.2. The van der Waals surface area contributed by atoms with Gasteiger partial charge in [0, 0.05) is 11.5 Å². The first-order valence-electron chi connectivity index (χ1n) is 11.2. The van der Waals surface area contributed by atoms with Crippen LogP contribution >= 0.6 is 0 Å². The predicted molar refractivity (Wildman–Crippen MR) is 127 cm³/mol. The van der Waals surface area contributed by atoms with Crippen molar-refractivity contribution in [2.45, 2.75) is 32.6 Å². The highest BCUT2D eigenvalue weighted by molar-refractivity contribution is 5.84. The standard InChI is InChI=1S/C29H25F2NO/c1-2-33-26-15-14-23(28(30)18-26)10-8-21-9-16-27-25(17-21)13-12-24(29(27)31)11-7-20-3-5-22(19-32)6-4-20/h3-6,9,12-18H,2,7-8,10-11H2,1H3. The molecule has 33 heavy (non-hydrogen) atoms. The summed E-state index contributed by atoms with van der Waals surface area (Å²) in [5.74, 6) is 0.0832. The molecule has 0 unspecified atom stereocenters. The van der Waals surface area contributed by atoms with Crippen LogP contribution in [-0.4, -0.2) is 6.61 Å². The van der Waals surface area contributed by atoms with Gasteiger partial charge in [0.25, 0.3) is 0 Å². The summed E-state index contributed by atoms with van der Waals surface area (Å²) in [6.45, 7) is 2.37. The van der Waals surface area contributed by atoms with E-state index in [2.05, 4.69) is 6.07 Å². The van der Waals surface area contributed by atoms with E-state index in [1.807, 2.05) is 49.4 Å². The molecule has 0 saturated heterocycles. The lowest BCUT2D eigenvalue weighted by Crippen LogP contribution is -1.98. The smallest absolute Gasteiger partial charge is 0.134 e. The molecule has 4 heteroatoms. The van der Waals surface area contributed by atoms with Crippen molar-refractivity contribution in [1.82, 2.24) is 0 Å². The van der Waals surface area contributed by atoms with E-state index >= 15 is 4.39 Å². The summed E-state index contributed by atoms with van der Waals surface area (Å²) in [4.78, 5) is 0. The zero-order valence-corrected chi connectivity index (χ0v) is 18.6. The number of hydrogen-bond acceptors (Lipinski definition) is 2. The molecule has 0 amide bonds. The van der Waals surface area contributed by atoms with Gasteiger partial charge in [0.1, 0.15) is 17.4 Å². The molecule has 4 aromatic rings. The van der Waals surface area contributed by atoms with Crippen molar-refractivity contribution in [2.24, 2.45) is 0 Å². The number of halogens is 2. The number of benzene rings is 4. The Bertz CT molecular complexity index is 1310. The van der Waals surface area contributed by atoms with Gasteiger partial charge in [-0.1, -0.05) is 48.5 Å². The van der Waals surface area contributed by atoms with Crippen LogP contribution in [0.3, 0.4) is 0 Å². The van der Waals surface area contributed by atoms with Crippen LogP contribution in [0.4, 0.5) is 8.78 Å². The molecule has 0 saturated carbocycles. The molecule has 0 aliphatic heterocycles. The van der Waals surface area contributed by atoms with Gasteiger partial charge in [0.05, 0.1) is 18.2 Å². The predicted octanol–water partition coefficient (Wildman–Crippen LogP) is 6.96. The summed E-state index contributed by atoms with van der Waals surface area (Å²) < 4.78 is 34.8. The Balaban J connectivity index is 1.44. The molecule has 166 valence electrons. The Kier molecular flexibility index (Phi) is 7.00. The lowest BCUT2D eigenvalue weighted by atomic mass is 9.97. The lowest BCUT2D eigenvalue weighted by molar-refractivity contribution is 0.338. The van der Waals surface area contributed by atoms with Crippen LogP contribution < -0.4 is 4.74 Å². The minimum absolute atomic E-state index is 0.190. The summed E-state index contributed by atoms with van der Waals surface area (Å²) in [6.07, 6.45) is 2.53. The van der Waals surface area contributed by atoms with Crippen LogP contribution in [0.2, 0.25) is 0 Å². The van der Waals surface area contributed by atoms with Gasteiger partial charge in [-0.3, -0.25) is 0 Å². The van der Waals surface area contributed by atoms with Crippen molar-refractivity contribution >= 4 is 10.8 Å². The summed E-state index contributed by atoms with van der Waals surface area (Å²) in [7, 11) is 0. The van der Waals surface area contributed by atoms with Gasteiger partial charge >= 0.3 is 0 Å². The normalized spacial score (nSPS) is 10.8. The maximum Gasteiger partial charge on any atom is 0.134 e. The third kappa shape index (κ3) is 5.38. The summed E-state index contributed by atoms with van der Waals surface area (Å²) in [5, 5.41) is 10.4. The Morgan fingerprint density at radius 1 is 0.758 bits per heavy atom. The van der Waals surface area contributed by atoms with Gasteiger partial charge in [-0.15, -0.1) is 0 Å². The fraction of sp³-hybridized carbons (Fsp3) is 0.207. The number of nitrogens with zero attached hydrogens (tertiary/aromatic N) is 1. The molecule has 2 nitrogen and oxygen atoms in total. The fourth-order valence-corrected chi connectivity index (χ4v) is 4.03. The van der Waals surface area contributed by atoms with Gasteiger partial charge in [0.2, 0.25) is 0 Å². The van der Waals surface area contributed by atoms with Crippen molar-refractivity contribution in [1.29, 1.82) is 5.26 Å². The van der Waals surface area contributed by atoms with Gasteiger partial charge in [-0.2, -0.15) is 5.26 Å². The van der Waals surface area contributed by atoms with Gasteiger partial charge in [-0.05, 0) is 78.4 Å². The number of fused-ring (bicyclic) bond motifs is 1. The van der Waals surface area contributed by atoms with Gasteiger partial charge < -0.3 is 4.74 Å². The van der Waals surface area contributed by atoms with E-state index in [1.54, 1.807) is 24.3 Å². The van der Waals surface area contributed by atoms with Crippen LogP contribution in [0.25, 0.3) is 10.8 Å². The zero-order valence-electron chi connectivity index (χ0n) is 18.6. The van der Waals surface area contributed by atoms with Crippen molar-refractivity contribution in [3.05, 3.63) is 112 Å². The second-order valence-corrected chi connectivity index (χ2v) is 8.09. The van der Waals surface area contributed by atoms with E-state index < -0.39 is 0 Å². The molecule has 4 aromatic carbocycles. The molecule has 0 atom stereocenters. The maximum atomic E-state index is 15.1. The number of hydrogen-bond donors (Lipinski definition) is 0. The molecule has 0 aromatic heterocycles. The topological polar surface area (TPSA) is 33.0 Å². The summed E-state index contributed by atoms with van der Waals surface area (Å²) >= 11 is 0. The van der Waals surface area contributed by atoms with E-state index in [1.165, 1.54) is 6.07 Å². The monoisotopic (exact) mass is 441 g/mol. The summed E-state index contributed by atoms with van der Waals surface area (Å²) in [5.41, 5.74) is 4.06. The lowest BCUT2D eigenvalue weighted by Gasteiger charge is -2.10. The van der Waals surface area contributed by atoms with E-state index in [0.29, 0.717) is 60.1 Å². The average molecular weight is 442 g/mol. The van der Waals surface area contributed by atoms with Crippen molar-refractivity contribution in [2.75, 3.05) is 6.61 Å². The molecule has 0 fully saturated rings. The SMILES string of the molecule is CCOc1ccc(CCc2ccc3c(F)c(CCc4ccc(C#N)cc4)ccc3c2)c(F)c1. The van der Waals surface area contributed by atoms with Crippen molar-refractivity contribution in [3.63, 3.8) is 0 Å².